The number of carbonyl (C=O) groups excluding carboxylic acids is 1. The predicted molar refractivity (Wildman–Crippen MR) is 140 cm³/mol. The van der Waals surface area contributed by atoms with Crippen molar-refractivity contribution < 1.29 is 17.9 Å². The zero-order valence-corrected chi connectivity index (χ0v) is 21.2. The summed E-state index contributed by atoms with van der Waals surface area (Å²) in [5.41, 5.74) is 5.74. The Labute approximate surface area is 207 Å². The highest BCUT2D eigenvalue weighted by Crippen LogP contribution is 2.26. The van der Waals surface area contributed by atoms with E-state index in [2.05, 4.69) is 24.4 Å². The summed E-state index contributed by atoms with van der Waals surface area (Å²) >= 11 is 0. The van der Waals surface area contributed by atoms with Crippen LogP contribution in [-0.4, -0.2) is 33.7 Å². The fourth-order valence-electron chi connectivity index (χ4n) is 3.34. The third-order valence-electron chi connectivity index (χ3n) is 5.34. The summed E-state index contributed by atoms with van der Waals surface area (Å²) in [6.07, 6.45) is 1.53. The number of rotatable bonds is 10. The van der Waals surface area contributed by atoms with Crippen LogP contribution in [0.2, 0.25) is 0 Å². The molecule has 0 spiro atoms. The van der Waals surface area contributed by atoms with Crippen LogP contribution in [0.5, 0.6) is 5.75 Å². The molecule has 0 saturated carbocycles. The van der Waals surface area contributed by atoms with Crippen molar-refractivity contribution in [3.05, 3.63) is 89.5 Å². The SMILES string of the molecule is CCOc1ccc(N(CC(=O)N/N=C\c2ccc(C(C)C)cc2)S(=O)(=O)c2ccc(C)cc2)cc1. The Morgan fingerprint density at radius 1 is 1.00 bits per heavy atom. The lowest BCUT2D eigenvalue weighted by Gasteiger charge is -2.24. The van der Waals surface area contributed by atoms with Gasteiger partial charge < -0.3 is 4.74 Å². The molecule has 0 bridgehead atoms. The summed E-state index contributed by atoms with van der Waals surface area (Å²) in [7, 11) is -4.00. The molecule has 0 radical (unpaired) electrons. The number of amides is 1. The Bertz CT molecular complexity index is 1250. The van der Waals surface area contributed by atoms with E-state index in [1.807, 2.05) is 38.1 Å². The van der Waals surface area contributed by atoms with Crippen molar-refractivity contribution in [2.24, 2.45) is 5.10 Å². The third-order valence-corrected chi connectivity index (χ3v) is 7.13. The molecule has 35 heavy (non-hydrogen) atoms. The van der Waals surface area contributed by atoms with E-state index in [9.17, 15) is 13.2 Å². The standard InChI is InChI=1S/C27H31N3O4S/c1-5-34-25-14-12-24(13-15-25)30(35(32,33)26-16-6-21(4)7-17-26)19-27(31)29-28-18-22-8-10-23(11-9-22)20(2)3/h6-18,20H,5,19H2,1-4H3,(H,29,31)/b28-18-. The van der Waals surface area contributed by atoms with Crippen LogP contribution in [-0.2, 0) is 14.8 Å². The van der Waals surface area contributed by atoms with Gasteiger partial charge >= 0.3 is 0 Å². The molecule has 0 aliphatic rings. The van der Waals surface area contributed by atoms with Crippen LogP contribution in [0.4, 0.5) is 5.69 Å². The molecular weight excluding hydrogens is 462 g/mol. The van der Waals surface area contributed by atoms with Crippen molar-refractivity contribution in [3.63, 3.8) is 0 Å². The van der Waals surface area contributed by atoms with E-state index in [1.54, 1.807) is 36.4 Å². The number of hydrazone groups is 1. The van der Waals surface area contributed by atoms with E-state index in [-0.39, 0.29) is 4.90 Å². The van der Waals surface area contributed by atoms with E-state index >= 15 is 0 Å². The monoisotopic (exact) mass is 493 g/mol. The largest absolute Gasteiger partial charge is 0.494 e. The van der Waals surface area contributed by atoms with E-state index in [0.29, 0.717) is 24.0 Å². The number of hydrogen-bond donors (Lipinski definition) is 1. The van der Waals surface area contributed by atoms with Gasteiger partial charge in [0.1, 0.15) is 12.3 Å². The number of aryl methyl sites for hydroxylation is 1. The maximum atomic E-state index is 13.4. The van der Waals surface area contributed by atoms with Gasteiger partial charge in [0.25, 0.3) is 15.9 Å². The maximum Gasteiger partial charge on any atom is 0.264 e. The number of hydrogen-bond acceptors (Lipinski definition) is 5. The van der Waals surface area contributed by atoms with E-state index < -0.39 is 22.5 Å². The maximum absolute atomic E-state index is 13.4. The first-order valence-corrected chi connectivity index (χ1v) is 12.9. The number of ether oxygens (including phenoxy) is 1. The molecule has 0 atom stereocenters. The summed E-state index contributed by atoms with van der Waals surface area (Å²) in [6.45, 7) is 8.03. The van der Waals surface area contributed by atoms with Crippen LogP contribution in [0.15, 0.2) is 82.8 Å². The second kappa shape index (κ2) is 11.7. The smallest absolute Gasteiger partial charge is 0.264 e. The Morgan fingerprint density at radius 2 is 1.63 bits per heavy atom. The number of sulfonamides is 1. The van der Waals surface area contributed by atoms with Gasteiger partial charge in [0, 0.05) is 0 Å². The van der Waals surface area contributed by atoms with Crippen molar-refractivity contribution in [1.82, 2.24) is 5.43 Å². The number of nitrogens with zero attached hydrogens (tertiary/aromatic N) is 2. The Balaban J connectivity index is 1.80. The molecule has 0 aliphatic heterocycles. The van der Waals surface area contributed by atoms with Gasteiger partial charge in [-0.3, -0.25) is 9.10 Å². The summed E-state index contributed by atoms with van der Waals surface area (Å²) in [5.74, 6) is 0.468. The molecule has 0 aromatic heterocycles. The molecule has 184 valence electrons. The zero-order chi connectivity index (χ0) is 25.4. The van der Waals surface area contributed by atoms with Gasteiger partial charge in [0.2, 0.25) is 0 Å². The molecule has 7 nitrogen and oxygen atoms in total. The van der Waals surface area contributed by atoms with Crippen LogP contribution in [0.1, 0.15) is 43.4 Å². The molecule has 0 unspecified atom stereocenters. The normalized spacial score (nSPS) is 11.6. The first-order valence-electron chi connectivity index (χ1n) is 11.4. The minimum absolute atomic E-state index is 0.0959. The van der Waals surface area contributed by atoms with Gasteiger partial charge in [0.15, 0.2) is 0 Å². The highest BCUT2D eigenvalue weighted by atomic mass is 32.2. The van der Waals surface area contributed by atoms with Gasteiger partial charge in [-0.15, -0.1) is 0 Å². The molecule has 3 aromatic rings. The Morgan fingerprint density at radius 3 is 2.20 bits per heavy atom. The van der Waals surface area contributed by atoms with E-state index in [1.165, 1.54) is 23.9 Å². The lowest BCUT2D eigenvalue weighted by molar-refractivity contribution is -0.119. The molecule has 0 fully saturated rings. The first-order chi connectivity index (χ1) is 16.7. The summed E-state index contributed by atoms with van der Waals surface area (Å²) in [5, 5.41) is 4.00. The highest BCUT2D eigenvalue weighted by molar-refractivity contribution is 7.92. The second-order valence-corrected chi connectivity index (χ2v) is 10.2. The lowest BCUT2D eigenvalue weighted by atomic mass is 10.0. The molecule has 0 heterocycles. The molecule has 3 aromatic carbocycles. The van der Waals surface area contributed by atoms with Gasteiger partial charge in [-0.05, 0) is 67.3 Å². The highest BCUT2D eigenvalue weighted by Gasteiger charge is 2.27. The van der Waals surface area contributed by atoms with Crippen molar-refractivity contribution in [1.29, 1.82) is 0 Å². The van der Waals surface area contributed by atoms with Crippen molar-refractivity contribution in [2.45, 2.75) is 38.5 Å². The summed E-state index contributed by atoms with van der Waals surface area (Å²) in [4.78, 5) is 12.8. The van der Waals surface area contributed by atoms with Gasteiger partial charge in [-0.25, -0.2) is 13.8 Å². The number of nitrogens with one attached hydrogen (secondary N) is 1. The quantitative estimate of drug-likeness (QED) is 0.323. The number of benzene rings is 3. The van der Waals surface area contributed by atoms with Gasteiger partial charge in [-0.1, -0.05) is 55.8 Å². The summed E-state index contributed by atoms with van der Waals surface area (Å²) in [6, 6.07) is 20.9. The molecule has 1 N–H and O–H groups in total. The minimum atomic E-state index is -4.00. The molecule has 0 aliphatic carbocycles. The minimum Gasteiger partial charge on any atom is -0.494 e. The van der Waals surface area contributed by atoms with Crippen molar-refractivity contribution >= 4 is 27.8 Å². The number of carbonyl (C=O) groups is 1. The van der Waals surface area contributed by atoms with E-state index in [0.717, 1.165) is 15.4 Å². The third kappa shape index (κ3) is 6.93. The average molecular weight is 494 g/mol. The van der Waals surface area contributed by atoms with Gasteiger partial charge in [-0.2, -0.15) is 5.10 Å². The molecule has 1 amide bonds. The molecule has 3 rings (SSSR count). The summed E-state index contributed by atoms with van der Waals surface area (Å²) < 4.78 is 33.4. The average Bonchev–Trinajstić information content (AvgIpc) is 2.84. The first kappa shape index (κ1) is 26.0. The Kier molecular flexibility index (Phi) is 8.65. The fraction of sp³-hybridized carbons (Fsp3) is 0.259. The second-order valence-electron chi connectivity index (χ2n) is 8.37. The van der Waals surface area contributed by atoms with Gasteiger partial charge in [0.05, 0.1) is 23.4 Å². The zero-order valence-electron chi connectivity index (χ0n) is 20.4. The van der Waals surface area contributed by atoms with Crippen molar-refractivity contribution in [2.75, 3.05) is 17.5 Å². The fourth-order valence-corrected chi connectivity index (χ4v) is 4.76. The lowest BCUT2D eigenvalue weighted by Crippen LogP contribution is -2.39. The van der Waals surface area contributed by atoms with E-state index in [4.69, 9.17) is 4.74 Å². The number of anilines is 1. The van der Waals surface area contributed by atoms with Crippen LogP contribution < -0.4 is 14.5 Å². The Hall–Kier alpha value is -3.65. The topological polar surface area (TPSA) is 88.1 Å². The van der Waals surface area contributed by atoms with Crippen LogP contribution in [0, 0.1) is 6.92 Å². The van der Waals surface area contributed by atoms with Crippen LogP contribution in [0.3, 0.4) is 0 Å². The molecule has 0 saturated heterocycles. The molecule has 8 heteroatoms. The molecular formula is C27H31N3O4S. The van der Waals surface area contributed by atoms with Crippen molar-refractivity contribution in [3.8, 4) is 5.75 Å². The van der Waals surface area contributed by atoms with Crippen LogP contribution in [0.25, 0.3) is 0 Å². The van der Waals surface area contributed by atoms with Crippen LogP contribution >= 0.6 is 0 Å². The predicted octanol–water partition coefficient (Wildman–Crippen LogP) is 4.86.